The van der Waals surface area contributed by atoms with Crippen molar-refractivity contribution in [1.82, 2.24) is 20.6 Å². The second kappa shape index (κ2) is 10.3. The average molecular weight is 374 g/mol. The Balaban J connectivity index is 1.60. The van der Waals surface area contributed by atoms with E-state index in [1.807, 2.05) is 55.6 Å². The third-order valence-corrected chi connectivity index (χ3v) is 4.58. The molecule has 0 spiro atoms. The van der Waals surface area contributed by atoms with E-state index in [-0.39, 0.29) is 11.9 Å². The Bertz CT molecular complexity index is 868. The fraction of sp³-hybridized carbons (Fsp3) is 0.261. The zero-order valence-electron chi connectivity index (χ0n) is 16.1. The maximum Gasteiger partial charge on any atom is 0.241 e. The van der Waals surface area contributed by atoms with E-state index in [9.17, 15) is 4.79 Å². The first-order valence-electron chi connectivity index (χ1n) is 9.58. The van der Waals surface area contributed by atoms with Crippen molar-refractivity contribution < 1.29 is 4.79 Å². The largest absolute Gasteiger partial charge is 0.354 e. The molecule has 0 radical (unpaired) electrons. The number of nitrogens with zero attached hydrogens (tertiary/aromatic N) is 2. The lowest BCUT2D eigenvalue weighted by molar-refractivity contribution is -0.123. The summed E-state index contributed by atoms with van der Waals surface area (Å²) in [7, 11) is 0. The van der Waals surface area contributed by atoms with Crippen LogP contribution in [0.2, 0.25) is 0 Å². The number of aryl methyl sites for hydroxylation is 1. The molecule has 3 aromatic rings. The maximum absolute atomic E-state index is 12.9. The molecule has 1 amide bonds. The normalized spacial score (nSPS) is 11.8. The summed E-state index contributed by atoms with van der Waals surface area (Å²) in [6.07, 6.45) is 8.77. The molecule has 5 nitrogen and oxygen atoms in total. The van der Waals surface area contributed by atoms with E-state index < -0.39 is 0 Å². The van der Waals surface area contributed by atoms with Gasteiger partial charge < -0.3 is 10.6 Å². The van der Waals surface area contributed by atoms with E-state index in [1.54, 1.807) is 18.6 Å². The first-order chi connectivity index (χ1) is 13.7. The lowest BCUT2D eigenvalue weighted by Gasteiger charge is -2.19. The molecule has 2 N–H and O–H groups in total. The molecule has 0 aliphatic heterocycles. The van der Waals surface area contributed by atoms with Crippen LogP contribution in [-0.2, 0) is 17.6 Å². The molecule has 2 aromatic heterocycles. The van der Waals surface area contributed by atoms with E-state index in [0.717, 1.165) is 35.1 Å². The van der Waals surface area contributed by atoms with E-state index in [4.69, 9.17) is 0 Å². The summed E-state index contributed by atoms with van der Waals surface area (Å²) in [5.74, 6) is -0.00848. The molecule has 0 aliphatic rings. The van der Waals surface area contributed by atoms with Gasteiger partial charge >= 0.3 is 0 Å². The van der Waals surface area contributed by atoms with Gasteiger partial charge in [-0.3, -0.25) is 14.8 Å². The SMILES string of the molecule is Cc1cccc(C(NCCc2cccnc2)C(=O)NCCc2ccncc2)c1. The third kappa shape index (κ3) is 5.99. The van der Waals surface area contributed by atoms with Gasteiger partial charge in [-0.05, 0) is 54.7 Å². The Morgan fingerprint density at radius 1 is 0.929 bits per heavy atom. The van der Waals surface area contributed by atoms with Crippen molar-refractivity contribution in [3.63, 3.8) is 0 Å². The Kier molecular flexibility index (Phi) is 7.27. The maximum atomic E-state index is 12.9. The number of hydrogen-bond acceptors (Lipinski definition) is 4. The van der Waals surface area contributed by atoms with Crippen molar-refractivity contribution in [3.05, 3.63) is 95.6 Å². The minimum absolute atomic E-state index is 0.00848. The van der Waals surface area contributed by atoms with Gasteiger partial charge in [-0.15, -0.1) is 0 Å². The summed E-state index contributed by atoms with van der Waals surface area (Å²) >= 11 is 0. The molecule has 0 aliphatic carbocycles. The first-order valence-corrected chi connectivity index (χ1v) is 9.58. The highest BCUT2D eigenvalue weighted by Gasteiger charge is 2.19. The van der Waals surface area contributed by atoms with Gasteiger partial charge in [0.25, 0.3) is 0 Å². The predicted molar refractivity (Wildman–Crippen MR) is 111 cm³/mol. The van der Waals surface area contributed by atoms with Gasteiger partial charge in [-0.1, -0.05) is 35.9 Å². The molecule has 1 aromatic carbocycles. The van der Waals surface area contributed by atoms with Crippen LogP contribution >= 0.6 is 0 Å². The fourth-order valence-electron chi connectivity index (χ4n) is 3.10. The van der Waals surface area contributed by atoms with Crippen molar-refractivity contribution in [2.75, 3.05) is 13.1 Å². The molecule has 0 saturated carbocycles. The lowest BCUT2D eigenvalue weighted by atomic mass is 10.0. The van der Waals surface area contributed by atoms with Gasteiger partial charge in [0.05, 0.1) is 0 Å². The second-order valence-corrected chi connectivity index (χ2v) is 6.81. The molecular weight excluding hydrogens is 348 g/mol. The van der Waals surface area contributed by atoms with Gasteiger partial charge in [-0.25, -0.2) is 0 Å². The number of carbonyl (C=O) groups excluding carboxylic acids is 1. The van der Waals surface area contributed by atoms with Crippen molar-refractivity contribution in [2.24, 2.45) is 0 Å². The van der Waals surface area contributed by atoms with Crippen LogP contribution in [0.25, 0.3) is 0 Å². The van der Waals surface area contributed by atoms with Crippen molar-refractivity contribution in [3.8, 4) is 0 Å². The smallest absolute Gasteiger partial charge is 0.241 e. The van der Waals surface area contributed by atoms with E-state index in [1.165, 1.54) is 0 Å². The summed E-state index contributed by atoms with van der Waals surface area (Å²) in [6.45, 7) is 3.33. The van der Waals surface area contributed by atoms with Crippen LogP contribution in [0.3, 0.4) is 0 Å². The van der Waals surface area contributed by atoms with Crippen LogP contribution in [0.1, 0.15) is 28.3 Å². The number of rotatable bonds is 9. The van der Waals surface area contributed by atoms with Gasteiger partial charge in [0.1, 0.15) is 6.04 Å². The van der Waals surface area contributed by atoms with Crippen molar-refractivity contribution >= 4 is 5.91 Å². The molecule has 0 fully saturated rings. The van der Waals surface area contributed by atoms with Crippen molar-refractivity contribution in [1.29, 1.82) is 0 Å². The van der Waals surface area contributed by atoms with Crippen LogP contribution < -0.4 is 10.6 Å². The number of pyridine rings is 2. The van der Waals surface area contributed by atoms with Crippen molar-refractivity contribution in [2.45, 2.75) is 25.8 Å². The van der Waals surface area contributed by atoms with Gasteiger partial charge in [0.2, 0.25) is 5.91 Å². The average Bonchev–Trinajstić information content (AvgIpc) is 2.72. The van der Waals surface area contributed by atoms with Crippen LogP contribution in [0.4, 0.5) is 0 Å². The number of aromatic nitrogens is 2. The monoisotopic (exact) mass is 374 g/mol. The summed E-state index contributed by atoms with van der Waals surface area (Å²) in [4.78, 5) is 21.1. The number of amides is 1. The molecule has 2 heterocycles. The van der Waals surface area contributed by atoms with E-state index >= 15 is 0 Å². The quantitative estimate of drug-likeness (QED) is 0.604. The van der Waals surface area contributed by atoms with Gasteiger partial charge in [0, 0.05) is 37.9 Å². The number of carbonyl (C=O) groups is 1. The molecule has 28 heavy (non-hydrogen) atoms. The highest BCUT2D eigenvalue weighted by atomic mass is 16.2. The molecule has 0 saturated heterocycles. The van der Waals surface area contributed by atoms with Gasteiger partial charge in [-0.2, -0.15) is 0 Å². The standard InChI is InChI=1S/C23H26N4O/c1-18-4-2-6-21(16-18)22(26-14-10-20-5-3-11-25-17-20)23(28)27-15-9-19-7-12-24-13-8-19/h2-8,11-13,16-17,22,26H,9-10,14-15H2,1H3,(H,27,28). The topological polar surface area (TPSA) is 66.9 Å². The second-order valence-electron chi connectivity index (χ2n) is 6.81. The summed E-state index contributed by atoms with van der Waals surface area (Å²) < 4.78 is 0. The third-order valence-electron chi connectivity index (χ3n) is 4.58. The van der Waals surface area contributed by atoms with E-state index in [2.05, 4.69) is 26.7 Å². The highest BCUT2D eigenvalue weighted by Crippen LogP contribution is 2.15. The summed E-state index contributed by atoms with van der Waals surface area (Å²) in [5, 5.41) is 6.47. The zero-order valence-corrected chi connectivity index (χ0v) is 16.1. The molecule has 3 rings (SSSR count). The number of nitrogens with one attached hydrogen (secondary N) is 2. The van der Waals surface area contributed by atoms with E-state index in [0.29, 0.717) is 13.1 Å². The molecule has 1 atom stereocenters. The van der Waals surface area contributed by atoms with Crippen LogP contribution in [0.5, 0.6) is 0 Å². The first kappa shape index (κ1) is 19.7. The van der Waals surface area contributed by atoms with Gasteiger partial charge in [0.15, 0.2) is 0 Å². The summed E-state index contributed by atoms with van der Waals surface area (Å²) in [5.41, 5.74) is 4.43. The molecule has 144 valence electrons. The fourth-order valence-corrected chi connectivity index (χ4v) is 3.10. The minimum atomic E-state index is -0.381. The lowest BCUT2D eigenvalue weighted by Crippen LogP contribution is -2.39. The molecule has 5 heteroatoms. The van der Waals surface area contributed by atoms with Crippen LogP contribution in [-0.4, -0.2) is 29.0 Å². The molecule has 0 bridgehead atoms. The minimum Gasteiger partial charge on any atom is -0.354 e. The van der Waals surface area contributed by atoms with Crippen LogP contribution in [0.15, 0.2) is 73.3 Å². The molecule has 1 unspecified atom stereocenters. The summed E-state index contributed by atoms with van der Waals surface area (Å²) in [6, 6.07) is 15.6. The Labute approximate surface area is 166 Å². The molecular formula is C23H26N4O. The Morgan fingerprint density at radius 3 is 2.50 bits per heavy atom. The van der Waals surface area contributed by atoms with Crippen LogP contribution in [0, 0.1) is 6.92 Å². The number of benzene rings is 1. The Hall–Kier alpha value is -3.05. The zero-order chi connectivity index (χ0) is 19.6. The highest BCUT2D eigenvalue weighted by molar-refractivity contribution is 5.83. The Morgan fingerprint density at radius 2 is 1.75 bits per heavy atom. The predicted octanol–water partition coefficient (Wildman–Crippen LogP) is 3.02. The number of hydrogen-bond donors (Lipinski definition) is 2.